The van der Waals surface area contributed by atoms with Crippen LogP contribution in [0.4, 0.5) is 0 Å². The number of benzene rings is 1. The highest BCUT2D eigenvalue weighted by molar-refractivity contribution is 5.85. The van der Waals surface area contributed by atoms with Crippen molar-refractivity contribution in [1.29, 1.82) is 0 Å². The molecule has 1 heteroatoms. The van der Waals surface area contributed by atoms with Crippen LogP contribution in [0.15, 0.2) is 59.4 Å². The predicted molar refractivity (Wildman–Crippen MR) is 59.6 cm³/mol. The quantitative estimate of drug-likeness (QED) is 0.572. The summed E-state index contributed by atoms with van der Waals surface area (Å²) in [5.41, 5.74) is 4.62. The van der Waals surface area contributed by atoms with Crippen LogP contribution >= 0.6 is 0 Å². The lowest BCUT2D eigenvalue weighted by molar-refractivity contribution is 0.552. The van der Waals surface area contributed by atoms with Gasteiger partial charge in [0.15, 0.2) is 0 Å². The average Bonchev–Trinajstić information content (AvgIpc) is 2.74. The van der Waals surface area contributed by atoms with Crippen molar-refractivity contribution < 1.29 is 4.42 Å². The van der Waals surface area contributed by atoms with Gasteiger partial charge in [0.1, 0.15) is 0 Å². The molecule has 2 aliphatic rings. The van der Waals surface area contributed by atoms with Gasteiger partial charge in [0.2, 0.25) is 0 Å². The summed E-state index contributed by atoms with van der Waals surface area (Å²) < 4.78 is 5.20. The molecule has 1 aliphatic carbocycles. The van der Waals surface area contributed by atoms with E-state index in [0.29, 0.717) is 0 Å². The molecule has 0 amide bonds. The van der Waals surface area contributed by atoms with Gasteiger partial charge in [-0.2, -0.15) is 0 Å². The third kappa shape index (κ3) is 1.33. The fourth-order valence-electron chi connectivity index (χ4n) is 1.80. The zero-order valence-corrected chi connectivity index (χ0v) is 8.10. The first-order valence-electron chi connectivity index (χ1n) is 4.87. The minimum Gasteiger partial charge on any atom is -0.472 e. The van der Waals surface area contributed by atoms with Crippen LogP contribution in [0.2, 0.25) is 0 Å². The molecule has 0 bridgehead atoms. The molecule has 3 rings (SSSR count). The van der Waals surface area contributed by atoms with E-state index in [9.17, 15) is 0 Å². The van der Waals surface area contributed by atoms with E-state index in [1.165, 1.54) is 11.1 Å². The maximum absolute atomic E-state index is 5.20. The molecule has 71 valence electrons. The molecule has 0 aromatic heterocycles. The van der Waals surface area contributed by atoms with Gasteiger partial charge in [-0.1, -0.05) is 36.4 Å². The second kappa shape index (κ2) is 3.28. The predicted octanol–water partition coefficient (Wildman–Crippen LogP) is 3.85. The fourth-order valence-corrected chi connectivity index (χ4v) is 1.80. The Kier molecular flexibility index (Phi) is 1.82. The van der Waals surface area contributed by atoms with Gasteiger partial charge in [-0.05, 0) is 28.8 Å². The van der Waals surface area contributed by atoms with Gasteiger partial charge in [0, 0.05) is 5.56 Å². The van der Waals surface area contributed by atoms with Crippen LogP contribution in [0, 0.1) is 6.07 Å². The number of hydrogen-bond donors (Lipinski definition) is 0. The molecule has 0 unspecified atom stereocenters. The van der Waals surface area contributed by atoms with E-state index in [2.05, 4.69) is 24.3 Å². The molecule has 1 aromatic carbocycles. The molecular formula is C14H9O. The minimum absolute atomic E-state index is 1.11. The van der Waals surface area contributed by atoms with E-state index in [1.54, 1.807) is 12.5 Å². The topological polar surface area (TPSA) is 13.1 Å². The number of hydrogen-bond acceptors (Lipinski definition) is 1. The van der Waals surface area contributed by atoms with Gasteiger partial charge in [-0.3, -0.25) is 0 Å². The zero-order valence-electron chi connectivity index (χ0n) is 8.10. The van der Waals surface area contributed by atoms with Crippen molar-refractivity contribution in [3.8, 4) is 22.3 Å². The van der Waals surface area contributed by atoms with Crippen LogP contribution in [0.3, 0.4) is 0 Å². The zero-order chi connectivity index (χ0) is 10.1. The molecule has 0 atom stereocenters. The maximum atomic E-state index is 5.20. The monoisotopic (exact) mass is 193 g/mol. The summed E-state index contributed by atoms with van der Waals surface area (Å²) in [5.74, 6) is 0. The van der Waals surface area contributed by atoms with E-state index < -0.39 is 0 Å². The van der Waals surface area contributed by atoms with Gasteiger partial charge in [-0.15, -0.1) is 0 Å². The molecule has 0 spiro atoms. The summed E-state index contributed by atoms with van der Waals surface area (Å²) >= 11 is 0. The van der Waals surface area contributed by atoms with Crippen molar-refractivity contribution in [2.45, 2.75) is 0 Å². The molecule has 1 radical (unpaired) electrons. The lowest BCUT2D eigenvalue weighted by Gasteiger charge is -2.02. The maximum Gasteiger partial charge on any atom is 0.0986 e. The second-order valence-corrected chi connectivity index (χ2v) is 3.45. The molecule has 1 heterocycles. The third-order valence-electron chi connectivity index (χ3n) is 2.54. The van der Waals surface area contributed by atoms with Crippen LogP contribution < -0.4 is 0 Å². The molecule has 15 heavy (non-hydrogen) atoms. The standard InChI is InChI=1S/C14H9O/c1-2-4-11(5-3-1)13-7-6-12-8-9-15-10-14(12)13/h1-4,6-10H. The van der Waals surface area contributed by atoms with Gasteiger partial charge < -0.3 is 4.42 Å². The Morgan fingerprint density at radius 2 is 1.93 bits per heavy atom. The Morgan fingerprint density at radius 3 is 2.80 bits per heavy atom. The van der Waals surface area contributed by atoms with Crippen molar-refractivity contribution in [2.75, 3.05) is 0 Å². The third-order valence-corrected chi connectivity index (χ3v) is 2.54. The van der Waals surface area contributed by atoms with Gasteiger partial charge >= 0.3 is 0 Å². The molecule has 0 N–H and O–H groups in total. The van der Waals surface area contributed by atoms with Crippen molar-refractivity contribution in [3.63, 3.8) is 0 Å². The smallest absolute Gasteiger partial charge is 0.0986 e. The lowest BCUT2D eigenvalue weighted by Crippen LogP contribution is -1.77. The number of rotatable bonds is 1. The molecule has 0 saturated carbocycles. The van der Waals surface area contributed by atoms with Crippen molar-refractivity contribution in [1.82, 2.24) is 0 Å². The second-order valence-electron chi connectivity index (χ2n) is 3.45. The highest BCUT2D eigenvalue weighted by Gasteiger charge is 2.10. The Hall–Kier alpha value is -2.02. The van der Waals surface area contributed by atoms with Crippen molar-refractivity contribution >= 4 is 0 Å². The van der Waals surface area contributed by atoms with Crippen LogP contribution in [0.1, 0.15) is 0 Å². The molecule has 1 aliphatic heterocycles. The van der Waals surface area contributed by atoms with Gasteiger partial charge in [0.25, 0.3) is 0 Å². The van der Waals surface area contributed by atoms with Crippen LogP contribution in [-0.4, -0.2) is 0 Å². The Morgan fingerprint density at radius 1 is 0.933 bits per heavy atom. The summed E-state index contributed by atoms with van der Waals surface area (Å²) in [7, 11) is 0. The van der Waals surface area contributed by atoms with Gasteiger partial charge in [-0.25, -0.2) is 0 Å². The van der Waals surface area contributed by atoms with Gasteiger partial charge in [0.05, 0.1) is 12.5 Å². The SMILES string of the molecule is [c]1ccccc1-c1ccc2ccocc1-2. The summed E-state index contributed by atoms with van der Waals surface area (Å²) in [6, 6.07) is 17.4. The summed E-state index contributed by atoms with van der Waals surface area (Å²) in [6.45, 7) is 0. The highest BCUT2D eigenvalue weighted by atomic mass is 16.3. The normalized spacial score (nSPS) is 10.7. The molecule has 1 aromatic rings. The Balaban J connectivity index is 2.22. The summed E-state index contributed by atoms with van der Waals surface area (Å²) in [5, 5.41) is 0. The lowest BCUT2D eigenvalue weighted by atomic mass is 10.0. The summed E-state index contributed by atoms with van der Waals surface area (Å²) in [6.07, 6.45) is 3.48. The molecule has 0 fully saturated rings. The first-order valence-corrected chi connectivity index (χ1v) is 4.87. The van der Waals surface area contributed by atoms with Crippen LogP contribution in [0.5, 0.6) is 0 Å². The fraction of sp³-hybridized carbons (Fsp3) is 0. The first-order chi connectivity index (χ1) is 7.45. The molecular weight excluding hydrogens is 184 g/mol. The Labute approximate surface area is 88.3 Å². The van der Waals surface area contributed by atoms with Crippen molar-refractivity contribution in [3.05, 3.63) is 61.1 Å². The first kappa shape index (κ1) is 8.30. The average molecular weight is 193 g/mol. The molecule has 0 saturated heterocycles. The number of fused-ring (bicyclic) bond motifs is 1. The van der Waals surface area contributed by atoms with Crippen LogP contribution in [-0.2, 0) is 0 Å². The largest absolute Gasteiger partial charge is 0.472 e. The molecule has 1 nitrogen and oxygen atoms in total. The highest BCUT2D eigenvalue weighted by Crippen LogP contribution is 2.34. The van der Waals surface area contributed by atoms with E-state index in [1.807, 2.05) is 24.3 Å². The minimum atomic E-state index is 1.11. The van der Waals surface area contributed by atoms with E-state index >= 15 is 0 Å². The van der Waals surface area contributed by atoms with E-state index in [-0.39, 0.29) is 0 Å². The van der Waals surface area contributed by atoms with E-state index in [4.69, 9.17) is 4.42 Å². The van der Waals surface area contributed by atoms with Crippen LogP contribution in [0.25, 0.3) is 22.3 Å². The van der Waals surface area contributed by atoms with E-state index in [0.717, 1.165) is 11.1 Å². The van der Waals surface area contributed by atoms with Crippen molar-refractivity contribution in [2.24, 2.45) is 0 Å². The Bertz CT molecular complexity index is 536. The summed E-state index contributed by atoms with van der Waals surface area (Å²) in [4.78, 5) is 0.